The second kappa shape index (κ2) is 8.62. The van der Waals surface area contributed by atoms with Gasteiger partial charge < -0.3 is 14.5 Å². The molecule has 0 aliphatic carbocycles. The smallest absolute Gasteiger partial charge is 0.382 e. The van der Waals surface area contributed by atoms with Crippen LogP contribution in [-0.4, -0.2) is 55.2 Å². The highest BCUT2D eigenvalue weighted by atomic mass is 32.1. The van der Waals surface area contributed by atoms with E-state index in [2.05, 4.69) is 4.98 Å². The maximum Gasteiger partial charge on any atom is 0.417 e. The fourth-order valence-electron chi connectivity index (χ4n) is 3.61. The lowest BCUT2D eigenvalue weighted by atomic mass is 10.0. The van der Waals surface area contributed by atoms with Crippen LogP contribution in [0.25, 0.3) is 0 Å². The molecule has 1 saturated heterocycles. The number of nitriles is 1. The van der Waals surface area contributed by atoms with Gasteiger partial charge in [-0.15, -0.1) is 11.3 Å². The van der Waals surface area contributed by atoms with Crippen molar-refractivity contribution in [3.63, 3.8) is 0 Å². The Hall–Kier alpha value is -2.64. The van der Waals surface area contributed by atoms with Gasteiger partial charge in [-0.3, -0.25) is 4.79 Å². The van der Waals surface area contributed by atoms with E-state index < -0.39 is 17.3 Å². The molecule has 160 valence electrons. The number of carbonyl (C=O) groups excluding carboxylic acids is 1. The van der Waals surface area contributed by atoms with E-state index in [0.29, 0.717) is 35.9 Å². The lowest BCUT2D eigenvalue weighted by Crippen LogP contribution is -2.57. The third-order valence-corrected chi connectivity index (χ3v) is 6.06. The van der Waals surface area contributed by atoms with Gasteiger partial charge in [0.1, 0.15) is 4.88 Å². The molecule has 30 heavy (non-hydrogen) atoms. The number of aryl methyl sites for hydroxylation is 2. The van der Waals surface area contributed by atoms with E-state index in [-0.39, 0.29) is 18.6 Å². The molecule has 1 amide bonds. The Morgan fingerprint density at radius 3 is 2.67 bits per heavy atom. The van der Waals surface area contributed by atoms with Crippen LogP contribution in [0.4, 0.5) is 18.9 Å². The molecular formula is C20H21F3N4O2S. The maximum atomic E-state index is 13.3. The topological polar surface area (TPSA) is 69.5 Å². The number of halogens is 3. The SMILES string of the molecule is COCC1CN(c2ccc(C#N)c(C(F)(F)F)c2)CCN1C(=O)c1sc(C)nc1C. The van der Waals surface area contributed by atoms with Crippen LogP contribution in [0.1, 0.15) is 31.5 Å². The van der Waals surface area contributed by atoms with E-state index in [9.17, 15) is 18.0 Å². The van der Waals surface area contributed by atoms with E-state index in [1.807, 2.05) is 6.92 Å². The summed E-state index contributed by atoms with van der Waals surface area (Å²) in [6.45, 7) is 4.90. The highest BCUT2D eigenvalue weighted by Gasteiger charge is 2.36. The van der Waals surface area contributed by atoms with E-state index in [1.54, 1.807) is 22.8 Å². The summed E-state index contributed by atoms with van der Waals surface area (Å²) in [5.74, 6) is -0.143. The van der Waals surface area contributed by atoms with Gasteiger partial charge in [-0.1, -0.05) is 0 Å². The number of amides is 1. The number of anilines is 1. The zero-order valence-electron chi connectivity index (χ0n) is 16.8. The van der Waals surface area contributed by atoms with E-state index in [0.717, 1.165) is 11.1 Å². The van der Waals surface area contributed by atoms with Gasteiger partial charge in [0.2, 0.25) is 0 Å². The number of piperazine rings is 1. The zero-order valence-corrected chi connectivity index (χ0v) is 17.6. The van der Waals surface area contributed by atoms with Crippen molar-refractivity contribution in [3.8, 4) is 6.07 Å². The van der Waals surface area contributed by atoms with Crippen molar-refractivity contribution in [1.29, 1.82) is 5.26 Å². The van der Waals surface area contributed by atoms with Gasteiger partial charge in [-0.25, -0.2) is 4.98 Å². The average Bonchev–Trinajstić information content (AvgIpc) is 3.04. The summed E-state index contributed by atoms with van der Waals surface area (Å²) in [6.07, 6.45) is -4.62. The van der Waals surface area contributed by atoms with Gasteiger partial charge in [0.25, 0.3) is 5.91 Å². The zero-order chi connectivity index (χ0) is 22.1. The lowest BCUT2D eigenvalue weighted by Gasteiger charge is -2.42. The van der Waals surface area contributed by atoms with E-state index in [1.165, 1.54) is 30.6 Å². The molecule has 0 bridgehead atoms. The third kappa shape index (κ3) is 4.42. The van der Waals surface area contributed by atoms with Crippen LogP contribution in [0.15, 0.2) is 18.2 Å². The number of thiazole rings is 1. The molecule has 0 saturated carbocycles. The molecule has 1 fully saturated rings. The van der Waals surface area contributed by atoms with Crippen LogP contribution in [0.2, 0.25) is 0 Å². The van der Waals surface area contributed by atoms with Gasteiger partial charge in [0, 0.05) is 32.4 Å². The summed E-state index contributed by atoms with van der Waals surface area (Å²) in [5, 5.41) is 9.80. The van der Waals surface area contributed by atoms with Crippen LogP contribution in [-0.2, 0) is 10.9 Å². The number of alkyl halides is 3. The predicted molar refractivity (Wildman–Crippen MR) is 107 cm³/mol. The molecular weight excluding hydrogens is 417 g/mol. The van der Waals surface area contributed by atoms with Crippen molar-refractivity contribution in [2.45, 2.75) is 26.1 Å². The quantitative estimate of drug-likeness (QED) is 0.729. The molecule has 1 aliphatic heterocycles. The van der Waals surface area contributed by atoms with Crippen LogP contribution >= 0.6 is 11.3 Å². The normalized spacial score (nSPS) is 17.2. The van der Waals surface area contributed by atoms with Gasteiger partial charge in [-0.05, 0) is 32.0 Å². The number of nitrogens with zero attached hydrogens (tertiary/aromatic N) is 4. The first kappa shape index (κ1) is 22.1. The van der Waals surface area contributed by atoms with Crippen molar-refractivity contribution in [3.05, 3.63) is 44.9 Å². The monoisotopic (exact) mass is 438 g/mol. The fraction of sp³-hybridized carbons (Fsp3) is 0.450. The van der Waals surface area contributed by atoms with E-state index >= 15 is 0 Å². The molecule has 3 rings (SSSR count). The number of benzene rings is 1. The fourth-order valence-corrected chi connectivity index (χ4v) is 4.49. The average molecular weight is 438 g/mol. The molecule has 0 N–H and O–H groups in total. The second-order valence-electron chi connectivity index (χ2n) is 7.04. The summed E-state index contributed by atoms with van der Waals surface area (Å²) in [5.41, 5.74) is -0.341. The molecule has 2 heterocycles. The molecule has 1 aromatic heterocycles. The summed E-state index contributed by atoms with van der Waals surface area (Å²) in [6, 6.07) is 4.95. The van der Waals surface area contributed by atoms with Gasteiger partial charge >= 0.3 is 6.18 Å². The Labute approximate surface area is 176 Å². The van der Waals surface area contributed by atoms with Crippen molar-refractivity contribution in [2.24, 2.45) is 0 Å². The largest absolute Gasteiger partial charge is 0.417 e. The molecule has 6 nitrogen and oxygen atoms in total. The molecule has 0 radical (unpaired) electrons. The van der Waals surface area contributed by atoms with Crippen LogP contribution in [0.3, 0.4) is 0 Å². The minimum atomic E-state index is -4.62. The lowest BCUT2D eigenvalue weighted by molar-refractivity contribution is -0.137. The highest BCUT2D eigenvalue weighted by Crippen LogP contribution is 2.35. The number of ether oxygens (including phenoxy) is 1. The van der Waals surface area contributed by atoms with Crippen molar-refractivity contribution in [2.75, 3.05) is 38.3 Å². The molecule has 0 spiro atoms. The first-order valence-corrected chi connectivity index (χ1v) is 10.1. The number of hydrogen-bond donors (Lipinski definition) is 0. The molecule has 1 aliphatic rings. The Balaban J connectivity index is 1.86. The van der Waals surface area contributed by atoms with Crippen LogP contribution in [0, 0.1) is 25.2 Å². The van der Waals surface area contributed by atoms with Crippen LogP contribution in [0.5, 0.6) is 0 Å². The summed E-state index contributed by atoms with van der Waals surface area (Å²) < 4.78 is 45.3. The third-order valence-electron chi connectivity index (χ3n) is 4.99. The maximum absolute atomic E-state index is 13.3. The number of carbonyl (C=O) groups is 1. The second-order valence-corrected chi connectivity index (χ2v) is 8.24. The first-order valence-electron chi connectivity index (χ1n) is 9.26. The molecule has 1 atom stereocenters. The Morgan fingerprint density at radius 2 is 2.10 bits per heavy atom. The van der Waals surface area contributed by atoms with Crippen LogP contribution < -0.4 is 4.90 Å². The van der Waals surface area contributed by atoms with Crippen molar-refractivity contribution >= 4 is 22.9 Å². The molecule has 1 aromatic carbocycles. The van der Waals surface area contributed by atoms with Gasteiger partial charge in [0.05, 0.1) is 40.5 Å². The van der Waals surface area contributed by atoms with E-state index in [4.69, 9.17) is 10.00 Å². The summed E-state index contributed by atoms with van der Waals surface area (Å²) >= 11 is 1.33. The standard InChI is InChI=1S/C20H21F3N4O2S/c1-12-18(30-13(2)25-12)19(28)27-7-6-26(10-16(27)11-29-3)15-5-4-14(9-24)17(8-15)20(21,22)23/h4-5,8,16H,6-7,10-11H2,1-3H3. The molecule has 1 unspecified atom stereocenters. The van der Waals surface area contributed by atoms with Crippen molar-refractivity contribution in [1.82, 2.24) is 9.88 Å². The minimum Gasteiger partial charge on any atom is -0.382 e. The number of aromatic nitrogens is 1. The number of methoxy groups -OCH3 is 1. The number of hydrogen-bond acceptors (Lipinski definition) is 6. The summed E-state index contributed by atoms with van der Waals surface area (Å²) in [4.78, 5) is 21.4. The first-order chi connectivity index (χ1) is 14.2. The summed E-state index contributed by atoms with van der Waals surface area (Å²) in [7, 11) is 1.52. The Bertz CT molecular complexity index is 983. The number of rotatable bonds is 4. The Morgan fingerprint density at radius 1 is 1.37 bits per heavy atom. The van der Waals surface area contributed by atoms with Crippen molar-refractivity contribution < 1.29 is 22.7 Å². The van der Waals surface area contributed by atoms with Gasteiger partial charge in [0.15, 0.2) is 0 Å². The predicted octanol–water partition coefficient (Wildman–Crippen LogP) is 3.63. The highest BCUT2D eigenvalue weighted by molar-refractivity contribution is 7.13. The van der Waals surface area contributed by atoms with Gasteiger partial charge in [-0.2, -0.15) is 18.4 Å². The molecule has 2 aromatic rings. The minimum absolute atomic E-state index is 0.143. The Kier molecular flexibility index (Phi) is 6.33. The molecule has 10 heteroatoms.